The fourth-order valence-corrected chi connectivity index (χ4v) is 1.25. The van der Waals surface area contributed by atoms with Gasteiger partial charge in [0.25, 0.3) is 0 Å². The van der Waals surface area contributed by atoms with Crippen molar-refractivity contribution in [2.24, 2.45) is 0 Å². The number of carbonyl (C=O) groups is 1. The number of carboxylic acids is 1. The molecule has 0 bridgehead atoms. The summed E-state index contributed by atoms with van der Waals surface area (Å²) in [5.74, 6) is -0.434. The fourth-order valence-electron chi connectivity index (χ4n) is 1.25. The zero-order chi connectivity index (χ0) is 9.26. The van der Waals surface area contributed by atoms with Crippen LogP contribution in [0.5, 0.6) is 0 Å². The lowest BCUT2D eigenvalue weighted by molar-refractivity contribution is 0.0696. The molecule has 2 heterocycles. The standard InChI is InChI=1S/C8H9N3O2/c12-8(13)6-4-9-5-10-7(6)11-2-1-3-11/h4-5H,1-3H2,(H,12,13). The van der Waals surface area contributed by atoms with Crippen LogP contribution in [0.4, 0.5) is 5.82 Å². The Hall–Kier alpha value is -1.65. The molecular weight excluding hydrogens is 170 g/mol. The largest absolute Gasteiger partial charge is 0.477 e. The zero-order valence-electron chi connectivity index (χ0n) is 6.97. The van der Waals surface area contributed by atoms with E-state index in [9.17, 15) is 4.79 Å². The van der Waals surface area contributed by atoms with E-state index in [1.807, 2.05) is 4.90 Å². The molecule has 13 heavy (non-hydrogen) atoms. The average Bonchev–Trinajstić information content (AvgIpc) is 2.02. The van der Waals surface area contributed by atoms with Crippen molar-refractivity contribution in [1.82, 2.24) is 9.97 Å². The van der Waals surface area contributed by atoms with E-state index >= 15 is 0 Å². The zero-order valence-corrected chi connectivity index (χ0v) is 6.97. The second kappa shape index (κ2) is 3.01. The average molecular weight is 179 g/mol. The Balaban J connectivity index is 2.36. The molecule has 1 aromatic heterocycles. The highest BCUT2D eigenvalue weighted by molar-refractivity contribution is 5.92. The van der Waals surface area contributed by atoms with E-state index in [0.717, 1.165) is 19.5 Å². The molecule has 1 fully saturated rings. The third-order valence-corrected chi connectivity index (χ3v) is 2.08. The van der Waals surface area contributed by atoms with Gasteiger partial charge in [0.1, 0.15) is 17.7 Å². The SMILES string of the molecule is O=C(O)c1cncnc1N1CCC1. The molecule has 0 aromatic carbocycles. The van der Waals surface area contributed by atoms with Gasteiger partial charge < -0.3 is 10.0 Å². The molecule has 1 aliphatic heterocycles. The molecule has 0 saturated carbocycles. The summed E-state index contributed by atoms with van der Waals surface area (Å²) in [4.78, 5) is 20.3. The Kier molecular flexibility index (Phi) is 1.84. The van der Waals surface area contributed by atoms with Gasteiger partial charge in [-0.25, -0.2) is 14.8 Å². The summed E-state index contributed by atoms with van der Waals surface area (Å²) in [6.45, 7) is 1.77. The predicted molar refractivity (Wildman–Crippen MR) is 45.8 cm³/mol. The van der Waals surface area contributed by atoms with Crippen molar-refractivity contribution in [3.8, 4) is 0 Å². The van der Waals surface area contributed by atoms with E-state index in [-0.39, 0.29) is 5.56 Å². The molecule has 68 valence electrons. The second-order valence-corrected chi connectivity index (χ2v) is 2.91. The van der Waals surface area contributed by atoms with Crippen LogP contribution in [-0.4, -0.2) is 34.1 Å². The first kappa shape index (κ1) is 7.97. The topological polar surface area (TPSA) is 66.3 Å². The quantitative estimate of drug-likeness (QED) is 0.711. The predicted octanol–water partition coefficient (Wildman–Crippen LogP) is 0.385. The number of rotatable bonds is 2. The summed E-state index contributed by atoms with van der Waals surface area (Å²) >= 11 is 0. The number of nitrogens with zero attached hydrogens (tertiary/aromatic N) is 3. The number of aromatic carboxylic acids is 1. The van der Waals surface area contributed by atoms with Gasteiger partial charge in [-0.15, -0.1) is 0 Å². The van der Waals surface area contributed by atoms with Crippen LogP contribution in [0, 0.1) is 0 Å². The molecule has 0 unspecified atom stereocenters. The number of aromatic nitrogens is 2. The van der Waals surface area contributed by atoms with Gasteiger partial charge in [0.15, 0.2) is 0 Å². The summed E-state index contributed by atoms with van der Waals surface area (Å²) in [5.41, 5.74) is 0.183. The number of anilines is 1. The first-order valence-corrected chi connectivity index (χ1v) is 4.07. The molecule has 5 nitrogen and oxygen atoms in total. The maximum atomic E-state index is 10.8. The van der Waals surface area contributed by atoms with Crippen LogP contribution < -0.4 is 4.90 Å². The molecular formula is C8H9N3O2. The molecule has 0 aliphatic carbocycles. The van der Waals surface area contributed by atoms with Crippen LogP contribution in [-0.2, 0) is 0 Å². The Labute approximate surface area is 75.0 Å². The minimum Gasteiger partial charge on any atom is -0.477 e. The second-order valence-electron chi connectivity index (χ2n) is 2.91. The molecule has 0 spiro atoms. The van der Waals surface area contributed by atoms with Gasteiger partial charge in [-0.3, -0.25) is 0 Å². The van der Waals surface area contributed by atoms with Crippen LogP contribution >= 0.6 is 0 Å². The normalized spacial score (nSPS) is 15.2. The highest BCUT2D eigenvalue weighted by Gasteiger charge is 2.21. The van der Waals surface area contributed by atoms with Crippen LogP contribution in [0.2, 0.25) is 0 Å². The van der Waals surface area contributed by atoms with E-state index in [2.05, 4.69) is 9.97 Å². The minimum atomic E-state index is -0.970. The molecule has 1 aliphatic rings. The third-order valence-electron chi connectivity index (χ3n) is 2.08. The Morgan fingerprint density at radius 2 is 2.31 bits per heavy atom. The highest BCUT2D eigenvalue weighted by Crippen LogP contribution is 2.21. The lowest BCUT2D eigenvalue weighted by Crippen LogP contribution is -2.38. The Bertz CT molecular complexity index is 336. The van der Waals surface area contributed by atoms with Crippen molar-refractivity contribution >= 4 is 11.8 Å². The Morgan fingerprint density at radius 1 is 1.54 bits per heavy atom. The number of carboxylic acid groups (broad SMARTS) is 1. The maximum Gasteiger partial charge on any atom is 0.341 e. The van der Waals surface area contributed by atoms with E-state index in [4.69, 9.17) is 5.11 Å². The molecule has 5 heteroatoms. The molecule has 0 atom stereocenters. The fraction of sp³-hybridized carbons (Fsp3) is 0.375. The van der Waals surface area contributed by atoms with E-state index in [0.29, 0.717) is 5.82 Å². The molecule has 1 saturated heterocycles. The van der Waals surface area contributed by atoms with Gasteiger partial charge in [0, 0.05) is 19.3 Å². The maximum absolute atomic E-state index is 10.8. The van der Waals surface area contributed by atoms with E-state index in [1.165, 1.54) is 12.5 Å². The molecule has 2 rings (SSSR count). The van der Waals surface area contributed by atoms with Crippen molar-refractivity contribution in [2.45, 2.75) is 6.42 Å². The summed E-state index contributed by atoms with van der Waals surface area (Å²) in [6.07, 6.45) is 3.81. The van der Waals surface area contributed by atoms with Gasteiger partial charge in [-0.1, -0.05) is 0 Å². The van der Waals surface area contributed by atoms with E-state index < -0.39 is 5.97 Å². The van der Waals surface area contributed by atoms with Crippen molar-refractivity contribution in [2.75, 3.05) is 18.0 Å². The lowest BCUT2D eigenvalue weighted by atomic mass is 10.2. The van der Waals surface area contributed by atoms with Crippen molar-refractivity contribution in [3.05, 3.63) is 18.1 Å². The van der Waals surface area contributed by atoms with Gasteiger partial charge in [-0.05, 0) is 6.42 Å². The minimum absolute atomic E-state index is 0.183. The summed E-state index contributed by atoms with van der Waals surface area (Å²) in [5, 5.41) is 8.83. The van der Waals surface area contributed by atoms with Gasteiger partial charge in [0.2, 0.25) is 0 Å². The highest BCUT2D eigenvalue weighted by atomic mass is 16.4. The summed E-state index contributed by atoms with van der Waals surface area (Å²) < 4.78 is 0. The first-order valence-electron chi connectivity index (χ1n) is 4.07. The van der Waals surface area contributed by atoms with Crippen LogP contribution in [0.15, 0.2) is 12.5 Å². The van der Waals surface area contributed by atoms with Crippen molar-refractivity contribution in [1.29, 1.82) is 0 Å². The molecule has 0 radical (unpaired) electrons. The van der Waals surface area contributed by atoms with Crippen LogP contribution in [0.3, 0.4) is 0 Å². The summed E-state index contributed by atoms with van der Waals surface area (Å²) in [7, 11) is 0. The third kappa shape index (κ3) is 1.32. The molecule has 1 N–H and O–H groups in total. The van der Waals surface area contributed by atoms with Crippen molar-refractivity contribution in [3.63, 3.8) is 0 Å². The lowest BCUT2D eigenvalue weighted by Gasteiger charge is -2.32. The smallest absolute Gasteiger partial charge is 0.341 e. The molecule has 1 aromatic rings. The number of hydrogen-bond acceptors (Lipinski definition) is 4. The van der Waals surface area contributed by atoms with Gasteiger partial charge >= 0.3 is 5.97 Å². The van der Waals surface area contributed by atoms with Gasteiger partial charge in [0.05, 0.1) is 0 Å². The van der Waals surface area contributed by atoms with Crippen molar-refractivity contribution < 1.29 is 9.90 Å². The monoisotopic (exact) mass is 179 g/mol. The molecule has 0 amide bonds. The number of hydrogen-bond donors (Lipinski definition) is 1. The van der Waals surface area contributed by atoms with Crippen LogP contribution in [0.1, 0.15) is 16.8 Å². The van der Waals surface area contributed by atoms with E-state index in [1.54, 1.807) is 0 Å². The van der Waals surface area contributed by atoms with Gasteiger partial charge in [-0.2, -0.15) is 0 Å². The summed E-state index contributed by atoms with van der Waals surface area (Å²) in [6, 6.07) is 0. The first-order chi connectivity index (χ1) is 6.29. The van der Waals surface area contributed by atoms with Crippen LogP contribution in [0.25, 0.3) is 0 Å². The Morgan fingerprint density at radius 3 is 2.85 bits per heavy atom.